The molecule has 2 nitrogen and oxygen atoms in total. The Bertz CT molecular complexity index is 855. The number of fused-ring (bicyclic) bond motifs is 2. The molecule has 1 N–H and O–H groups in total. The largest absolute Gasteiger partial charge is 0.458 e. The van der Waals surface area contributed by atoms with Crippen molar-refractivity contribution in [3.8, 4) is 0 Å². The average molecular weight is 303 g/mol. The van der Waals surface area contributed by atoms with E-state index in [1.807, 2.05) is 0 Å². The first kappa shape index (κ1) is 12.9. The maximum atomic E-state index is 13.3. The molecule has 1 aromatic heterocycles. The summed E-state index contributed by atoms with van der Waals surface area (Å²) in [5.41, 5.74) is 1.03. The van der Waals surface area contributed by atoms with Crippen molar-refractivity contribution in [2.24, 2.45) is 0 Å². The van der Waals surface area contributed by atoms with E-state index in [4.69, 9.17) is 16.0 Å². The molecular weight excluding hydrogens is 291 g/mol. The van der Waals surface area contributed by atoms with Gasteiger partial charge in [-0.1, -0.05) is 17.7 Å². The number of hydrogen-bond acceptors (Lipinski definition) is 2. The lowest BCUT2D eigenvalue weighted by Crippen LogP contribution is -2.23. The summed E-state index contributed by atoms with van der Waals surface area (Å²) in [6.45, 7) is 0. The van der Waals surface area contributed by atoms with E-state index >= 15 is 0 Å². The minimum atomic E-state index is -1.20. The van der Waals surface area contributed by atoms with Crippen LogP contribution in [-0.4, -0.2) is 5.11 Å². The van der Waals surface area contributed by atoms with Gasteiger partial charge in [-0.2, -0.15) is 0 Å². The second-order valence-electron chi connectivity index (χ2n) is 5.45. The topological polar surface area (TPSA) is 33.4 Å². The second kappa shape index (κ2) is 4.33. The van der Waals surface area contributed by atoms with E-state index in [2.05, 4.69) is 0 Å². The Morgan fingerprint density at radius 2 is 2.00 bits per heavy atom. The van der Waals surface area contributed by atoms with Crippen molar-refractivity contribution >= 4 is 22.6 Å². The average Bonchev–Trinajstić information content (AvgIpc) is 3.01. The maximum absolute atomic E-state index is 13.3. The number of benzene rings is 2. The zero-order chi connectivity index (χ0) is 14.6. The predicted molar refractivity (Wildman–Crippen MR) is 78.9 cm³/mol. The maximum Gasteiger partial charge on any atom is 0.148 e. The van der Waals surface area contributed by atoms with Crippen LogP contribution in [0.2, 0.25) is 5.02 Å². The summed E-state index contributed by atoms with van der Waals surface area (Å²) in [4.78, 5) is 0. The van der Waals surface area contributed by atoms with Crippen LogP contribution in [0.25, 0.3) is 11.0 Å². The van der Waals surface area contributed by atoms with Crippen LogP contribution in [0.15, 0.2) is 46.9 Å². The van der Waals surface area contributed by atoms with E-state index < -0.39 is 5.60 Å². The van der Waals surface area contributed by atoms with Gasteiger partial charge in [0.1, 0.15) is 22.8 Å². The molecule has 0 saturated carbocycles. The van der Waals surface area contributed by atoms with Crippen molar-refractivity contribution in [1.29, 1.82) is 0 Å². The summed E-state index contributed by atoms with van der Waals surface area (Å²) in [7, 11) is 0. The van der Waals surface area contributed by atoms with Crippen molar-refractivity contribution in [3.63, 3.8) is 0 Å². The summed E-state index contributed by atoms with van der Waals surface area (Å²) in [6.07, 6.45) is 1.11. The fourth-order valence-electron chi connectivity index (χ4n) is 3.10. The highest BCUT2D eigenvalue weighted by Gasteiger charge is 2.41. The smallest absolute Gasteiger partial charge is 0.148 e. The van der Waals surface area contributed by atoms with E-state index in [1.54, 1.807) is 30.3 Å². The molecule has 106 valence electrons. The van der Waals surface area contributed by atoms with Crippen LogP contribution >= 0.6 is 11.6 Å². The Morgan fingerprint density at radius 3 is 2.86 bits per heavy atom. The Hall–Kier alpha value is -1.84. The van der Waals surface area contributed by atoms with Crippen LogP contribution in [0.4, 0.5) is 4.39 Å². The van der Waals surface area contributed by atoms with Gasteiger partial charge < -0.3 is 9.52 Å². The highest BCUT2D eigenvalue weighted by Crippen LogP contribution is 2.44. The van der Waals surface area contributed by atoms with Gasteiger partial charge in [0, 0.05) is 10.4 Å². The highest BCUT2D eigenvalue weighted by atomic mass is 35.5. The molecule has 1 heterocycles. The zero-order valence-corrected chi connectivity index (χ0v) is 11.8. The first-order chi connectivity index (χ1) is 10.1. The van der Waals surface area contributed by atoms with Crippen molar-refractivity contribution in [1.82, 2.24) is 0 Å². The molecule has 1 aliphatic carbocycles. The molecule has 1 atom stereocenters. The van der Waals surface area contributed by atoms with Crippen LogP contribution in [0.1, 0.15) is 23.3 Å². The number of hydrogen-bond donors (Lipinski definition) is 1. The standard InChI is InChI=1S/C17H12ClFO2/c18-12-1-4-15-11(7-12)9-16(21-15)17(20)6-5-10-8-13(19)2-3-14(10)17/h1-4,7-9,20H,5-6H2. The Balaban J connectivity index is 1.89. The lowest BCUT2D eigenvalue weighted by Gasteiger charge is -2.21. The summed E-state index contributed by atoms with van der Waals surface area (Å²) in [5.74, 6) is 0.194. The predicted octanol–water partition coefficient (Wildman–Crippen LogP) is 4.41. The van der Waals surface area contributed by atoms with E-state index in [-0.39, 0.29) is 5.82 Å². The number of aryl methyl sites for hydroxylation is 1. The summed E-state index contributed by atoms with van der Waals surface area (Å²) in [5, 5.41) is 12.5. The molecule has 1 aliphatic rings. The van der Waals surface area contributed by atoms with Crippen LogP contribution in [0.5, 0.6) is 0 Å². The molecule has 21 heavy (non-hydrogen) atoms. The third-order valence-corrected chi connectivity index (χ3v) is 4.39. The molecule has 0 fully saturated rings. The van der Waals surface area contributed by atoms with Crippen molar-refractivity contribution in [2.45, 2.75) is 18.4 Å². The van der Waals surface area contributed by atoms with Crippen LogP contribution in [0, 0.1) is 5.82 Å². The Labute approximate surface area is 125 Å². The van der Waals surface area contributed by atoms with Gasteiger partial charge in [0.25, 0.3) is 0 Å². The van der Waals surface area contributed by atoms with E-state index in [9.17, 15) is 9.50 Å². The summed E-state index contributed by atoms with van der Waals surface area (Å²) >= 11 is 5.97. The van der Waals surface area contributed by atoms with Crippen LogP contribution in [0.3, 0.4) is 0 Å². The SMILES string of the molecule is OC1(c2cc3cc(Cl)ccc3o2)CCc2cc(F)ccc21. The Morgan fingerprint density at radius 1 is 1.14 bits per heavy atom. The summed E-state index contributed by atoms with van der Waals surface area (Å²) in [6, 6.07) is 11.6. The minimum Gasteiger partial charge on any atom is -0.458 e. The quantitative estimate of drug-likeness (QED) is 0.722. The number of aliphatic hydroxyl groups is 1. The molecule has 3 aromatic rings. The van der Waals surface area contributed by atoms with Crippen molar-refractivity contribution < 1.29 is 13.9 Å². The van der Waals surface area contributed by atoms with Gasteiger partial charge in [0.15, 0.2) is 0 Å². The molecule has 1 unspecified atom stereocenters. The third kappa shape index (κ3) is 1.88. The number of furan rings is 1. The molecule has 0 aliphatic heterocycles. The van der Waals surface area contributed by atoms with Crippen LogP contribution in [-0.2, 0) is 12.0 Å². The molecule has 0 radical (unpaired) electrons. The summed E-state index contributed by atoms with van der Waals surface area (Å²) < 4.78 is 19.1. The molecule has 4 heteroatoms. The minimum absolute atomic E-state index is 0.283. The molecule has 0 saturated heterocycles. The van der Waals surface area contributed by atoms with E-state index in [0.717, 1.165) is 10.9 Å². The number of rotatable bonds is 1. The van der Waals surface area contributed by atoms with Gasteiger partial charge >= 0.3 is 0 Å². The van der Waals surface area contributed by atoms with Gasteiger partial charge in [-0.15, -0.1) is 0 Å². The molecule has 4 rings (SSSR count). The lowest BCUT2D eigenvalue weighted by molar-refractivity contribution is 0.0605. The molecule has 2 aromatic carbocycles. The van der Waals surface area contributed by atoms with Gasteiger partial charge in [-0.05, 0) is 60.4 Å². The monoisotopic (exact) mass is 302 g/mol. The highest BCUT2D eigenvalue weighted by molar-refractivity contribution is 6.31. The zero-order valence-electron chi connectivity index (χ0n) is 11.1. The van der Waals surface area contributed by atoms with Gasteiger partial charge in [-0.25, -0.2) is 4.39 Å². The first-order valence-corrected chi connectivity index (χ1v) is 7.15. The Kier molecular flexibility index (Phi) is 2.65. The van der Waals surface area contributed by atoms with Gasteiger partial charge in [0.2, 0.25) is 0 Å². The molecule has 0 bridgehead atoms. The van der Waals surface area contributed by atoms with Gasteiger partial charge in [-0.3, -0.25) is 0 Å². The molecular formula is C17H12ClFO2. The normalized spacial score (nSPS) is 20.9. The number of halogens is 2. The third-order valence-electron chi connectivity index (χ3n) is 4.15. The van der Waals surface area contributed by atoms with Crippen molar-refractivity contribution in [2.75, 3.05) is 0 Å². The second-order valence-corrected chi connectivity index (χ2v) is 5.89. The van der Waals surface area contributed by atoms with Crippen LogP contribution < -0.4 is 0 Å². The molecule has 0 amide bonds. The lowest BCUT2D eigenvalue weighted by atomic mass is 9.93. The van der Waals surface area contributed by atoms with E-state index in [0.29, 0.717) is 34.8 Å². The molecule has 0 spiro atoms. The fraction of sp³-hybridized carbons (Fsp3) is 0.176. The van der Waals surface area contributed by atoms with Gasteiger partial charge in [0.05, 0.1) is 0 Å². The van der Waals surface area contributed by atoms with Crippen molar-refractivity contribution in [3.05, 3.63) is 70.2 Å². The first-order valence-electron chi connectivity index (χ1n) is 6.77. The van der Waals surface area contributed by atoms with E-state index in [1.165, 1.54) is 12.1 Å². The fourth-order valence-corrected chi connectivity index (χ4v) is 3.28.